The molecule has 56 heavy (non-hydrogen) atoms. The Morgan fingerprint density at radius 2 is 0.804 bits per heavy atom. The summed E-state index contributed by atoms with van der Waals surface area (Å²) in [5.74, 6) is 0. The van der Waals surface area contributed by atoms with Gasteiger partial charge in [0, 0.05) is 0 Å². The van der Waals surface area contributed by atoms with Gasteiger partial charge in [-0.25, -0.2) is 0 Å². The summed E-state index contributed by atoms with van der Waals surface area (Å²) >= 11 is -3.96. The van der Waals surface area contributed by atoms with Gasteiger partial charge in [-0.05, 0) is 0 Å². The molecule has 0 spiro atoms. The Labute approximate surface area is 337 Å². The SMILES string of the molecule is CC(C)(C)c1cc2c(cc1C(C)(C)C)[CH]([Hf](=[C](c1cccc(C(F)(F)F)c1)c1cccc(C(F)(F)F)c1)[CH]1C=CC=C1)c1cc(C(C)(C)C)c(C(C)(C)C)cc1-2. The third kappa shape index (κ3) is 8.18. The minimum atomic E-state index is -4.63. The van der Waals surface area contributed by atoms with E-state index in [2.05, 4.69) is 120 Å². The van der Waals surface area contributed by atoms with Crippen LogP contribution in [0.5, 0.6) is 0 Å². The van der Waals surface area contributed by atoms with Crippen LogP contribution in [0.25, 0.3) is 11.1 Å². The van der Waals surface area contributed by atoms with E-state index in [9.17, 15) is 26.3 Å². The monoisotopic (exact) mass is 936 g/mol. The van der Waals surface area contributed by atoms with Crippen molar-refractivity contribution in [3.05, 3.63) is 153 Å². The molecule has 4 aromatic rings. The number of rotatable bonds is 4. The summed E-state index contributed by atoms with van der Waals surface area (Å²) in [4.78, 5) is 0. The van der Waals surface area contributed by atoms with Gasteiger partial charge in [-0.2, -0.15) is 0 Å². The summed E-state index contributed by atoms with van der Waals surface area (Å²) < 4.78 is 87.1. The molecule has 0 fully saturated rings. The Morgan fingerprint density at radius 3 is 1.12 bits per heavy atom. The van der Waals surface area contributed by atoms with Crippen LogP contribution in [0.15, 0.2) is 97.1 Å². The number of hydrogen-bond donors (Lipinski definition) is 0. The molecule has 0 nitrogen and oxygen atoms in total. The predicted molar refractivity (Wildman–Crippen MR) is 217 cm³/mol. The van der Waals surface area contributed by atoms with E-state index < -0.39 is 44.4 Å². The Bertz CT molecular complexity index is 2120. The molecule has 0 amide bonds. The number of allylic oxidation sites excluding steroid dienone is 4. The van der Waals surface area contributed by atoms with Crippen molar-refractivity contribution in [1.29, 1.82) is 0 Å². The van der Waals surface area contributed by atoms with Crippen molar-refractivity contribution in [2.45, 2.75) is 124 Å². The quantitative estimate of drug-likeness (QED) is 0.141. The molecule has 0 saturated heterocycles. The molecule has 4 aromatic carbocycles. The fourth-order valence-electron chi connectivity index (χ4n) is 8.51. The molecular formula is C49H54F6Hf. The first-order valence-electron chi connectivity index (χ1n) is 19.4. The second-order valence-corrected chi connectivity index (χ2v) is 29.2. The molecule has 6 rings (SSSR count). The van der Waals surface area contributed by atoms with Crippen LogP contribution in [0.4, 0.5) is 26.3 Å². The first kappa shape index (κ1) is 42.3. The average Bonchev–Trinajstić information content (AvgIpc) is 3.70. The molecule has 0 aromatic heterocycles. The number of alkyl halides is 6. The first-order valence-corrected chi connectivity index (χ1v) is 25.4. The van der Waals surface area contributed by atoms with Gasteiger partial charge in [0.05, 0.1) is 0 Å². The minimum absolute atomic E-state index is 0.122. The van der Waals surface area contributed by atoms with E-state index in [1.165, 1.54) is 34.4 Å². The number of halogens is 6. The van der Waals surface area contributed by atoms with Crippen molar-refractivity contribution in [2.24, 2.45) is 0 Å². The Balaban J connectivity index is 1.88. The normalized spacial score (nSPS) is 15.4. The van der Waals surface area contributed by atoms with Gasteiger partial charge in [0.15, 0.2) is 0 Å². The van der Waals surface area contributed by atoms with Crippen molar-refractivity contribution in [1.82, 2.24) is 0 Å². The summed E-state index contributed by atoms with van der Waals surface area (Å²) in [6, 6.07) is 20.0. The van der Waals surface area contributed by atoms with Gasteiger partial charge in [0.1, 0.15) is 0 Å². The second-order valence-electron chi connectivity index (χ2n) is 19.7. The van der Waals surface area contributed by atoms with E-state index in [1.54, 1.807) is 12.1 Å². The molecule has 0 atom stereocenters. The summed E-state index contributed by atoms with van der Waals surface area (Å²) in [7, 11) is 0. The van der Waals surface area contributed by atoms with Crippen LogP contribution in [-0.4, -0.2) is 3.26 Å². The molecule has 0 unspecified atom stereocenters. The van der Waals surface area contributed by atoms with Gasteiger partial charge < -0.3 is 0 Å². The van der Waals surface area contributed by atoms with Gasteiger partial charge in [0.25, 0.3) is 0 Å². The summed E-state index contributed by atoms with van der Waals surface area (Å²) in [5.41, 5.74) is 7.58. The standard InChI is InChI=1S/C29H41.C15H8F6.C5H5.Hf/c1-26(2,3)22-14-18-13-19-15-23(27(4,5)6)25(29(10,11)12)17-21(19)20(18)16-24(22)28(7,8)9;16-14(17,18)12-5-1-3-10(8-12)7-11-4-2-6-13(9-11)15(19,20)21;1-2-4-5-3-1;/h13-17H,1-12H3;1-6,8-9H;1-5H;. The zero-order valence-electron chi connectivity index (χ0n) is 34.7. The average molecular weight is 935 g/mol. The Morgan fingerprint density at radius 1 is 0.464 bits per heavy atom. The van der Waals surface area contributed by atoms with Gasteiger partial charge in [-0.1, -0.05) is 0 Å². The van der Waals surface area contributed by atoms with Crippen LogP contribution < -0.4 is 0 Å². The van der Waals surface area contributed by atoms with Crippen LogP contribution in [0.1, 0.15) is 142 Å². The topological polar surface area (TPSA) is 0 Å². The van der Waals surface area contributed by atoms with E-state index in [-0.39, 0.29) is 29.0 Å². The molecule has 0 heterocycles. The summed E-state index contributed by atoms with van der Waals surface area (Å²) in [6.45, 7) is 26.6. The van der Waals surface area contributed by atoms with Crippen LogP contribution >= 0.6 is 0 Å². The molecule has 0 radical (unpaired) electrons. The van der Waals surface area contributed by atoms with Crippen molar-refractivity contribution < 1.29 is 47.3 Å². The molecule has 0 saturated carbocycles. The van der Waals surface area contributed by atoms with Crippen molar-refractivity contribution >= 4 is 3.26 Å². The molecule has 0 bridgehead atoms. The van der Waals surface area contributed by atoms with Crippen LogP contribution in [0.3, 0.4) is 0 Å². The van der Waals surface area contributed by atoms with Crippen molar-refractivity contribution in [3.8, 4) is 11.1 Å². The summed E-state index contributed by atoms with van der Waals surface area (Å²) in [5, 5.41) is 0. The van der Waals surface area contributed by atoms with Crippen LogP contribution in [-0.2, 0) is 55.0 Å². The second kappa shape index (κ2) is 14.2. The molecule has 0 N–H and O–H groups in total. The zero-order valence-corrected chi connectivity index (χ0v) is 38.3. The van der Waals surface area contributed by atoms with Gasteiger partial charge in [0.2, 0.25) is 0 Å². The Kier molecular flexibility index (Phi) is 10.7. The maximum atomic E-state index is 14.5. The van der Waals surface area contributed by atoms with E-state index in [0.717, 1.165) is 46.5 Å². The molecule has 296 valence electrons. The van der Waals surface area contributed by atoms with Gasteiger partial charge in [-0.15, -0.1) is 0 Å². The van der Waals surface area contributed by atoms with Gasteiger partial charge >= 0.3 is 339 Å². The summed E-state index contributed by atoms with van der Waals surface area (Å²) in [6.07, 6.45) is -1.04. The number of benzene rings is 4. The number of hydrogen-bond acceptors (Lipinski definition) is 0. The van der Waals surface area contributed by atoms with E-state index in [0.29, 0.717) is 14.4 Å². The molecule has 2 aliphatic rings. The van der Waals surface area contributed by atoms with E-state index >= 15 is 0 Å². The predicted octanol–water partition coefficient (Wildman–Crippen LogP) is 14.8. The fraction of sp³-hybridized carbons (Fsp3) is 0.408. The van der Waals surface area contributed by atoms with E-state index in [4.69, 9.17) is 0 Å². The maximum absolute atomic E-state index is 14.5. The molecule has 7 heteroatoms. The van der Waals surface area contributed by atoms with Crippen molar-refractivity contribution in [2.75, 3.05) is 0 Å². The third-order valence-electron chi connectivity index (χ3n) is 11.2. The zero-order chi connectivity index (χ0) is 41.6. The third-order valence-corrected chi connectivity index (χ3v) is 23.8. The Hall–Kier alpha value is -3.32. The van der Waals surface area contributed by atoms with Crippen LogP contribution in [0.2, 0.25) is 3.67 Å². The molecule has 0 aliphatic heterocycles. The molecule has 2 aliphatic carbocycles. The van der Waals surface area contributed by atoms with E-state index in [1.807, 2.05) is 12.2 Å². The van der Waals surface area contributed by atoms with Gasteiger partial charge in [-0.3, -0.25) is 0 Å². The fourth-order valence-corrected chi connectivity index (χ4v) is 22.0. The van der Waals surface area contributed by atoms with Crippen molar-refractivity contribution in [3.63, 3.8) is 0 Å². The van der Waals surface area contributed by atoms with Crippen LogP contribution in [0, 0.1) is 0 Å². The number of fused-ring (bicyclic) bond motifs is 3. The first-order chi connectivity index (χ1) is 25.6. The molecular weight excluding hydrogens is 881 g/mol.